The lowest BCUT2D eigenvalue weighted by molar-refractivity contribution is 0.290. The van der Waals surface area contributed by atoms with Crippen LogP contribution in [0.2, 0.25) is 0 Å². The van der Waals surface area contributed by atoms with Crippen molar-refractivity contribution in [3.05, 3.63) is 59.7 Å². The first kappa shape index (κ1) is 15.4. The van der Waals surface area contributed by atoms with Gasteiger partial charge in [0.05, 0.1) is 6.61 Å². The summed E-state index contributed by atoms with van der Waals surface area (Å²) in [7, 11) is 0. The molecule has 0 spiro atoms. The Morgan fingerprint density at radius 1 is 0.905 bits per heavy atom. The van der Waals surface area contributed by atoms with Crippen molar-refractivity contribution in [3.8, 4) is 11.5 Å². The van der Waals surface area contributed by atoms with Crippen molar-refractivity contribution in [3.63, 3.8) is 0 Å². The number of phenolic OH excluding ortho intramolecular Hbond substituents is 1. The number of nitrogens with two attached hydrogens (primary N) is 1. The zero-order chi connectivity index (χ0) is 14.9. The molecule has 0 radical (unpaired) electrons. The van der Waals surface area contributed by atoms with Gasteiger partial charge in [-0.25, -0.2) is 0 Å². The molecule has 0 unspecified atom stereocenters. The van der Waals surface area contributed by atoms with Crippen LogP contribution < -0.4 is 10.5 Å². The molecule has 0 fully saturated rings. The second-order valence-electron chi connectivity index (χ2n) is 5.13. The van der Waals surface area contributed by atoms with Crippen molar-refractivity contribution in [1.82, 2.24) is 0 Å². The van der Waals surface area contributed by atoms with Crippen LogP contribution in [0.4, 0.5) is 0 Å². The molecule has 0 bridgehead atoms. The summed E-state index contributed by atoms with van der Waals surface area (Å²) in [6.07, 6.45) is 3.90. The minimum absolute atomic E-state index is 0.193. The quantitative estimate of drug-likeness (QED) is 0.732. The summed E-state index contributed by atoms with van der Waals surface area (Å²) < 4.78 is 5.67. The molecule has 0 aliphatic carbocycles. The summed E-state index contributed by atoms with van der Waals surface area (Å²) in [5, 5.41) is 9.78. The SMILES string of the molecule is NCCc1ccc(O)c(OCCCCc2ccccc2)c1. The van der Waals surface area contributed by atoms with Crippen LogP contribution in [0.15, 0.2) is 48.5 Å². The Balaban J connectivity index is 1.74. The fourth-order valence-electron chi connectivity index (χ4n) is 2.25. The van der Waals surface area contributed by atoms with E-state index in [2.05, 4.69) is 24.3 Å². The van der Waals surface area contributed by atoms with Crippen LogP contribution >= 0.6 is 0 Å². The topological polar surface area (TPSA) is 55.5 Å². The number of phenols is 1. The van der Waals surface area contributed by atoms with Gasteiger partial charge in [0.15, 0.2) is 11.5 Å². The summed E-state index contributed by atoms with van der Waals surface area (Å²) in [5.74, 6) is 0.750. The highest BCUT2D eigenvalue weighted by atomic mass is 16.5. The molecule has 0 saturated heterocycles. The van der Waals surface area contributed by atoms with Gasteiger partial charge in [-0.05, 0) is 55.5 Å². The van der Waals surface area contributed by atoms with E-state index in [9.17, 15) is 5.11 Å². The number of aryl methyl sites for hydroxylation is 1. The van der Waals surface area contributed by atoms with Crippen molar-refractivity contribution in [2.45, 2.75) is 25.7 Å². The normalized spacial score (nSPS) is 10.5. The maximum atomic E-state index is 9.78. The Labute approximate surface area is 126 Å². The van der Waals surface area contributed by atoms with Crippen LogP contribution in [0.25, 0.3) is 0 Å². The van der Waals surface area contributed by atoms with E-state index in [0.29, 0.717) is 18.9 Å². The summed E-state index contributed by atoms with van der Waals surface area (Å²) in [5.41, 5.74) is 7.98. The monoisotopic (exact) mass is 285 g/mol. The largest absolute Gasteiger partial charge is 0.504 e. The maximum absolute atomic E-state index is 9.78. The van der Waals surface area contributed by atoms with E-state index < -0.39 is 0 Å². The van der Waals surface area contributed by atoms with Gasteiger partial charge in [-0.2, -0.15) is 0 Å². The Hall–Kier alpha value is -2.00. The number of rotatable bonds is 8. The van der Waals surface area contributed by atoms with Crippen LogP contribution in [-0.2, 0) is 12.8 Å². The van der Waals surface area contributed by atoms with E-state index in [1.807, 2.05) is 18.2 Å². The van der Waals surface area contributed by atoms with Gasteiger partial charge >= 0.3 is 0 Å². The number of hydrogen-bond donors (Lipinski definition) is 2. The standard InChI is InChI=1S/C18H23NO2/c19-12-11-16-9-10-17(20)18(14-16)21-13-5-4-8-15-6-2-1-3-7-15/h1-3,6-7,9-10,14,20H,4-5,8,11-13,19H2. The molecular weight excluding hydrogens is 262 g/mol. The van der Waals surface area contributed by atoms with Crippen molar-refractivity contribution >= 4 is 0 Å². The highest BCUT2D eigenvalue weighted by molar-refractivity contribution is 5.41. The predicted octanol–water partition coefficient (Wildman–Crippen LogP) is 3.30. The lowest BCUT2D eigenvalue weighted by atomic mass is 10.1. The van der Waals surface area contributed by atoms with Gasteiger partial charge in [0.25, 0.3) is 0 Å². The highest BCUT2D eigenvalue weighted by Crippen LogP contribution is 2.27. The van der Waals surface area contributed by atoms with E-state index in [1.165, 1.54) is 5.56 Å². The van der Waals surface area contributed by atoms with Crippen LogP contribution in [0.3, 0.4) is 0 Å². The van der Waals surface area contributed by atoms with Gasteiger partial charge in [0.1, 0.15) is 0 Å². The lowest BCUT2D eigenvalue weighted by Gasteiger charge is -2.10. The first-order chi connectivity index (χ1) is 10.3. The molecule has 3 N–H and O–H groups in total. The van der Waals surface area contributed by atoms with Crippen LogP contribution in [-0.4, -0.2) is 18.3 Å². The maximum Gasteiger partial charge on any atom is 0.161 e. The molecule has 0 atom stereocenters. The highest BCUT2D eigenvalue weighted by Gasteiger charge is 2.04. The Morgan fingerprint density at radius 3 is 2.48 bits per heavy atom. The van der Waals surface area contributed by atoms with Crippen LogP contribution in [0, 0.1) is 0 Å². The molecule has 3 nitrogen and oxygen atoms in total. The van der Waals surface area contributed by atoms with E-state index in [0.717, 1.165) is 31.2 Å². The fraction of sp³-hybridized carbons (Fsp3) is 0.333. The fourth-order valence-corrected chi connectivity index (χ4v) is 2.25. The first-order valence-electron chi connectivity index (χ1n) is 7.48. The van der Waals surface area contributed by atoms with E-state index in [-0.39, 0.29) is 5.75 Å². The van der Waals surface area contributed by atoms with Crippen molar-refractivity contribution in [2.75, 3.05) is 13.2 Å². The minimum Gasteiger partial charge on any atom is -0.504 e. The smallest absolute Gasteiger partial charge is 0.161 e. The predicted molar refractivity (Wildman–Crippen MR) is 85.7 cm³/mol. The summed E-state index contributed by atoms with van der Waals surface area (Å²) in [4.78, 5) is 0. The number of hydrogen-bond acceptors (Lipinski definition) is 3. The molecule has 112 valence electrons. The molecule has 0 aliphatic rings. The Bertz CT molecular complexity index is 540. The Morgan fingerprint density at radius 2 is 1.71 bits per heavy atom. The molecular formula is C18H23NO2. The van der Waals surface area contributed by atoms with Gasteiger partial charge in [0, 0.05) is 0 Å². The van der Waals surface area contributed by atoms with E-state index >= 15 is 0 Å². The molecule has 0 saturated carbocycles. The summed E-state index contributed by atoms with van der Waals surface area (Å²) >= 11 is 0. The van der Waals surface area contributed by atoms with Crippen molar-refractivity contribution in [2.24, 2.45) is 5.73 Å². The van der Waals surface area contributed by atoms with Crippen LogP contribution in [0.1, 0.15) is 24.0 Å². The average Bonchev–Trinajstić information content (AvgIpc) is 2.51. The van der Waals surface area contributed by atoms with Crippen LogP contribution in [0.5, 0.6) is 11.5 Å². The van der Waals surface area contributed by atoms with Crippen molar-refractivity contribution < 1.29 is 9.84 Å². The number of ether oxygens (including phenoxy) is 1. The van der Waals surface area contributed by atoms with Gasteiger partial charge in [-0.3, -0.25) is 0 Å². The molecule has 2 aromatic carbocycles. The molecule has 3 heteroatoms. The van der Waals surface area contributed by atoms with Gasteiger partial charge in [-0.15, -0.1) is 0 Å². The zero-order valence-corrected chi connectivity index (χ0v) is 12.3. The zero-order valence-electron chi connectivity index (χ0n) is 12.3. The third-order valence-corrected chi connectivity index (χ3v) is 3.42. The lowest BCUT2D eigenvalue weighted by Crippen LogP contribution is -2.03. The first-order valence-corrected chi connectivity index (χ1v) is 7.48. The van der Waals surface area contributed by atoms with Gasteiger partial charge < -0.3 is 15.6 Å². The summed E-state index contributed by atoms with van der Waals surface area (Å²) in [6.45, 7) is 1.22. The number of unbranched alkanes of at least 4 members (excludes halogenated alkanes) is 1. The van der Waals surface area contributed by atoms with E-state index in [1.54, 1.807) is 6.07 Å². The number of benzene rings is 2. The molecule has 2 aromatic rings. The Kier molecular flexibility index (Phi) is 6.10. The third kappa shape index (κ3) is 5.12. The molecule has 21 heavy (non-hydrogen) atoms. The molecule has 0 aliphatic heterocycles. The van der Waals surface area contributed by atoms with E-state index in [4.69, 9.17) is 10.5 Å². The molecule has 0 amide bonds. The second kappa shape index (κ2) is 8.32. The number of aromatic hydroxyl groups is 1. The minimum atomic E-state index is 0.193. The molecule has 2 rings (SSSR count). The van der Waals surface area contributed by atoms with Crippen molar-refractivity contribution in [1.29, 1.82) is 0 Å². The summed E-state index contributed by atoms with van der Waals surface area (Å²) in [6, 6.07) is 15.9. The molecule has 0 aromatic heterocycles. The third-order valence-electron chi connectivity index (χ3n) is 3.42. The molecule has 0 heterocycles. The average molecular weight is 285 g/mol. The second-order valence-corrected chi connectivity index (χ2v) is 5.13. The van der Waals surface area contributed by atoms with Gasteiger partial charge in [0.2, 0.25) is 0 Å². The van der Waals surface area contributed by atoms with Gasteiger partial charge in [-0.1, -0.05) is 36.4 Å².